The third-order valence-electron chi connectivity index (χ3n) is 3.42. The second-order valence-electron chi connectivity index (χ2n) is 4.85. The molecular weight excluding hydrogens is 212 g/mol. The Hall–Kier alpha value is -1.39. The summed E-state index contributed by atoms with van der Waals surface area (Å²) >= 11 is 0. The Bertz CT molecular complexity index is 489. The number of nitrogens with zero attached hydrogens (tertiary/aromatic N) is 1. The van der Waals surface area contributed by atoms with E-state index < -0.39 is 0 Å². The number of nitrogens with two attached hydrogens (primary N) is 2. The molecule has 0 aliphatic heterocycles. The molecule has 1 aromatic carbocycles. The topological polar surface area (TPSA) is 80.7 Å². The van der Waals surface area contributed by atoms with E-state index in [1.807, 2.05) is 12.1 Å². The van der Waals surface area contributed by atoms with Gasteiger partial charge in [-0.1, -0.05) is 19.9 Å². The fraction of sp³-hybridized carbons (Fsp3) is 0.462. The Morgan fingerprint density at radius 1 is 1.35 bits per heavy atom. The van der Waals surface area contributed by atoms with Crippen LogP contribution in [0.5, 0.6) is 0 Å². The van der Waals surface area contributed by atoms with Crippen molar-refractivity contribution in [3.8, 4) is 0 Å². The Labute approximate surface area is 101 Å². The molecule has 0 fully saturated rings. The Balaban J connectivity index is 2.31. The van der Waals surface area contributed by atoms with E-state index in [-0.39, 0.29) is 6.04 Å². The fourth-order valence-corrected chi connectivity index (χ4v) is 2.24. The molecule has 92 valence electrons. The summed E-state index contributed by atoms with van der Waals surface area (Å²) in [7, 11) is 0. The van der Waals surface area contributed by atoms with Gasteiger partial charge >= 0.3 is 0 Å². The number of hydrogen-bond donors (Lipinski definition) is 3. The summed E-state index contributed by atoms with van der Waals surface area (Å²) in [5.74, 6) is 0.780. The van der Waals surface area contributed by atoms with Crippen molar-refractivity contribution in [1.29, 1.82) is 0 Å². The third kappa shape index (κ3) is 2.33. The van der Waals surface area contributed by atoms with Crippen LogP contribution in [0.15, 0.2) is 24.5 Å². The van der Waals surface area contributed by atoms with Gasteiger partial charge in [0.2, 0.25) is 0 Å². The summed E-state index contributed by atoms with van der Waals surface area (Å²) in [6.45, 7) is 4.93. The minimum atomic E-state index is -0.0206. The van der Waals surface area contributed by atoms with Gasteiger partial charge in [0, 0.05) is 6.04 Å². The smallest absolute Gasteiger partial charge is 0.0931 e. The van der Waals surface area contributed by atoms with Gasteiger partial charge in [-0.3, -0.25) is 0 Å². The molecule has 0 bridgehead atoms. The first-order valence-corrected chi connectivity index (χ1v) is 6.02. The van der Waals surface area contributed by atoms with Gasteiger partial charge in [0.1, 0.15) is 0 Å². The lowest BCUT2D eigenvalue weighted by molar-refractivity contribution is 0.331. The summed E-state index contributed by atoms with van der Waals surface area (Å²) in [5, 5.41) is 0. The Kier molecular flexibility index (Phi) is 3.45. The van der Waals surface area contributed by atoms with Crippen molar-refractivity contribution in [3.63, 3.8) is 0 Å². The van der Waals surface area contributed by atoms with Crippen LogP contribution in [-0.2, 0) is 0 Å². The van der Waals surface area contributed by atoms with Crippen LogP contribution in [0.1, 0.15) is 25.5 Å². The number of aromatic amines is 1. The van der Waals surface area contributed by atoms with Crippen LogP contribution in [-0.4, -0.2) is 16.5 Å². The summed E-state index contributed by atoms with van der Waals surface area (Å²) in [6, 6.07) is 6.08. The van der Waals surface area contributed by atoms with E-state index in [9.17, 15) is 0 Å². The first-order valence-electron chi connectivity index (χ1n) is 6.02. The van der Waals surface area contributed by atoms with Crippen LogP contribution < -0.4 is 11.5 Å². The largest absolute Gasteiger partial charge is 0.345 e. The zero-order valence-corrected chi connectivity index (χ0v) is 10.4. The first kappa shape index (κ1) is 12.1. The minimum Gasteiger partial charge on any atom is -0.345 e. The highest BCUT2D eigenvalue weighted by Crippen LogP contribution is 2.26. The molecule has 5 N–H and O–H groups in total. The summed E-state index contributed by atoms with van der Waals surface area (Å²) < 4.78 is 0. The van der Waals surface area contributed by atoms with E-state index in [1.165, 1.54) is 0 Å². The molecule has 2 rings (SSSR count). The minimum absolute atomic E-state index is 0.0206. The van der Waals surface area contributed by atoms with E-state index in [1.54, 1.807) is 6.33 Å². The standard InChI is InChI=1S/C13H20N4/c1-8(2)10(6-14)13(15)9-3-4-11-12(5-9)17-7-16-11/h3-5,7-8,10,13H,6,14-15H2,1-2H3,(H,16,17). The highest BCUT2D eigenvalue weighted by Gasteiger charge is 2.21. The van der Waals surface area contributed by atoms with Crippen LogP contribution in [0, 0.1) is 11.8 Å². The van der Waals surface area contributed by atoms with Gasteiger partial charge in [-0.15, -0.1) is 0 Å². The van der Waals surface area contributed by atoms with Crippen molar-refractivity contribution in [2.45, 2.75) is 19.9 Å². The molecule has 0 amide bonds. The molecule has 1 aromatic heterocycles. The Morgan fingerprint density at radius 2 is 2.12 bits per heavy atom. The highest BCUT2D eigenvalue weighted by atomic mass is 14.9. The molecule has 2 unspecified atom stereocenters. The number of H-pyrrole nitrogens is 1. The van der Waals surface area contributed by atoms with E-state index in [4.69, 9.17) is 11.5 Å². The van der Waals surface area contributed by atoms with Crippen molar-refractivity contribution in [1.82, 2.24) is 9.97 Å². The zero-order chi connectivity index (χ0) is 12.4. The molecule has 0 spiro atoms. The van der Waals surface area contributed by atoms with Crippen molar-refractivity contribution in [3.05, 3.63) is 30.1 Å². The molecule has 17 heavy (non-hydrogen) atoms. The number of fused-ring (bicyclic) bond motifs is 1. The third-order valence-corrected chi connectivity index (χ3v) is 3.42. The fourth-order valence-electron chi connectivity index (χ4n) is 2.24. The van der Waals surface area contributed by atoms with E-state index in [2.05, 4.69) is 29.9 Å². The van der Waals surface area contributed by atoms with Gasteiger partial charge in [0.05, 0.1) is 17.4 Å². The number of benzene rings is 1. The predicted molar refractivity (Wildman–Crippen MR) is 70.4 cm³/mol. The number of nitrogens with one attached hydrogen (secondary N) is 1. The van der Waals surface area contributed by atoms with E-state index in [0.29, 0.717) is 18.4 Å². The molecule has 0 aliphatic carbocycles. The molecule has 0 radical (unpaired) electrons. The van der Waals surface area contributed by atoms with Crippen LogP contribution >= 0.6 is 0 Å². The molecule has 4 heteroatoms. The number of hydrogen-bond acceptors (Lipinski definition) is 3. The van der Waals surface area contributed by atoms with E-state index >= 15 is 0 Å². The van der Waals surface area contributed by atoms with Crippen LogP contribution in [0.25, 0.3) is 11.0 Å². The lowest BCUT2D eigenvalue weighted by atomic mass is 9.85. The van der Waals surface area contributed by atoms with Crippen molar-refractivity contribution in [2.24, 2.45) is 23.3 Å². The average Bonchev–Trinajstić information content (AvgIpc) is 2.75. The maximum absolute atomic E-state index is 6.30. The van der Waals surface area contributed by atoms with Gasteiger partial charge in [0.15, 0.2) is 0 Å². The van der Waals surface area contributed by atoms with E-state index in [0.717, 1.165) is 16.6 Å². The average molecular weight is 232 g/mol. The molecule has 0 saturated carbocycles. The monoisotopic (exact) mass is 232 g/mol. The van der Waals surface area contributed by atoms with Gasteiger partial charge in [-0.25, -0.2) is 4.98 Å². The van der Waals surface area contributed by atoms with Gasteiger partial charge in [0.25, 0.3) is 0 Å². The van der Waals surface area contributed by atoms with Gasteiger partial charge in [-0.05, 0) is 36.1 Å². The second-order valence-corrected chi connectivity index (χ2v) is 4.85. The molecule has 0 aliphatic rings. The molecule has 4 nitrogen and oxygen atoms in total. The molecule has 2 aromatic rings. The molecule has 0 saturated heterocycles. The number of aromatic nitrogens is 2. The summed E-state index contributed by atoms with van der Waals surface area (Å²) in [5.41, 5.74) is 15.2. The number of rotatable bonds is 4. The van der Waals surface area contributed by atoms with Gasteiger partial charge in [-0.2, -0.15) is 0 Å². The normalized spacial score (nSPS) is 15.4. The predicted octanol–water partition coefficient (Wildman–Crippen LogP) is 1.79. The molecule has 2 atom stereocenters. The molecule has 1 heterocycles. The Morgan fingerprint density at radius 3 is 2.76 bits per heavy atom. The summed E-state index contributed by atoms with van der Waals surface area (Å²) in [4.78, 5) is 7.30. The first-order chi connectivity index (χ1) is 8.13. The van der Waals surface area contributed by atoms with Crippen molar-refractivity contribution < 1.29 is 0 Å². The highest BCUT2D eigenvalue weighted by molar-refractivity contribution is 5.75. The summed E-state index contributed by atoms with van der Waals surface area (Å²) in [6.07, 6.45) is 1.70. The van der Waals surface area contributed by atoms with Crippen LogP contribution in [0.2, 0.25) is 0 Å². The van der Waals surface area contributed by atoms with Crippen molar-refractivity contribution >= 4 is 11.0 Å². The lowest BCUT2D eigenvalue weighted by Gasteiger charge is -2.26. The lowest BCUT2D eigenvalue weighted by Crippen LogP contribution is -2.31. The SMILES string of the molecule is CC(C)C(CN)C(N)c1ccc2nc[nH]c2c1. The zero-order valence-electron chi connectivity index (χ0n) is 10.4. The van der Waals surface area contributed by atoms with Crippen LogP contribution in [0.3, 0.4) is 0 Å². The van der Waals surface area contributed by atoms with Crippen LogP contribution in [0.4, 0.5) is 0 Å². The maximum atomic E-state index is 6.30. The number of imidazole rings is 1. The molecular formula is C13H20N4. The maximum Gasteiger partial charge on any atom is 0.0931 e. The quantitative estimate of drug-likeness (QED) is 0.751. The van der Waals surface area contributed by atoms with Gasteiger partial charge < -0.3 is 16.5 Å². The van der Waals surface area contributed by atoms with Crippen molar-refractivity contribution in [2.75, 3.05) is 6.54 Å². The second kappa shape index (κ2) is 4.85.